The number of aliphatic carboxylic acids is 1. The molecule has 7 nitrogen and oxygen atoms in total. The Morgan fingerprint density at radius 2 is 1.91 bits per heavy atom. The summed E-state index contributed by atoms with van der Waals surface area (Å²) in [6.45, 7) is 7.66. The number of nitrogens with one attached hydrogen (secondary N) is 1. The van der Waals surface area contributed by atoms with E-state index in [1.54, 1.807) is 14.0 Å². The van der Waals surface area contributed by atoms with Crippen LogP contribution in [0.3, 0.4) is 0 Å². The number of carbonyl (C=O) groups is 2. The fourth-order valence-corrected chi connectivity index (χ4v) is 1.95. The maximum absolute atomic E-state index is 12.3. The third kappa shape index (κ3) is 4.41. The molecule has 0 unspecified atom stereocenters. The Morgan fingerprint density at radius 1 is 1.32 bits per heavy atom. The lowest BCUT2D eigenvalue weighted by atomic mass is 9.95. The molecule has 0 bridgehead atoms. The second kappa shape index (κ2) is 6.72. The minimum atomic E-state index is -0.911. The van der Waals surface area contributed by atoms with Gasteiger partial charge >= 0.3 is 5.97 Å². The average molecular weight is 309 g/mol. The van der Waals surface area contributed by atoms with E-state index < -0.39 is 17.4 Å². The van der Waals surface area contributed by atoms with Crippen LogP contribution in [-0.2, 0) is 10.2 Å². The zero-order valence-corrected chi connectivity index (χ0v) is 13.7. The third-order valence-electron chi connectivity index (χ3n) is 3.26. The van der Waals surface area contributed by atoms with Crippen molar-refractivity contribution >= 4 is 11.9 Å². The van der Waals surface area contributed by atoms with Crippen molar-refractivity contribution in [2.45, 2.75) is 46.0 Å². The summed E-state index contributed by atoms with van der Waals surface area (Å²) in [5.74, 6) is -0.830. The SMILES string of the molecule is Cc1nc(C(C)(C)C)[nH]c(=O)c1C(=O)N(C)CCCC(=O)O. The Kier molecular flexibility index (Phi) is 5.46. The highest BCUT2D eigenvalue weighted by Crippen LogP contribution is 2.17. The van der Waals surface area contributed by atoms with Gasteiger partial charge in [0.2, 0.25) is 0 Å². The van der Waals surface area contributed by atoms with Crippen molar-refractivity contribution in [2.75, 3.05) is 13.6 Å². The average Bonchev–Trinajstić information content (AvgIpc) is 2.35. The number of carboxylic acids is 1. The smallest absolute Gasteiger partial charge is 0.303 e. The van der Waals surface area contributed by atoms with Crippen LogP contribution in [0.4, 0.5) is 0 Å². The molecule has 0 spiro atoms. The molecule has 22 heavy (non-hydrogen) atoms. The summed E-state index contributed by atoms with van der Waals surface area (Å²) in [5.41, 5.74) is -0.402. The first-order valence-electron chi connectivity index (χ1n) is 7.12. The van der Waals surface area contributed by atoms with Gasteiger partial charge in [0, 0.05) is 25.4 Å². The lowest BCUT2D eigenvalue weighted by Gasteiger charge is -2.20. The largest absolute Gasteiger partial charge is 0.481 e. The highest BCUT2D eigenvalue weighted by Gasteiger charge is 2.23. The van der Waals surface area contributed by atoms with E-state index in [1.165, 1.54) is 4.90 Å². The van der Waals surface area contributed by atoms with E-state index in [2.05, 4.69) is 9.97 Å². The molecule has 0 aliphatic rings. The van der Waals surface area contributed by atoms with Gasteiger partial charge in [0.25, 0.3) is 11.5 Å². The van der Waals surface area contributed by atoms with Crippen molar-refractivity contribution in [1.29, 1.82) is 0 Å². The summed E-state index contributed by atoms with van der Waals surface area (Å²) in [6, 6.07) is 0. The summed E-state index contributed by atoms with van der Waals surface area (Å²) in [7, 11) is 1.54. The molecule has 1 heterocycles. The Bertz CT molecular complexity index is 629. The van der Waals surface area contributed by atoms with Crippen LogP contribution in [-0.4, -0.2) is 45.4 Å². The molecule has 0 atom stereocenters. The predicted octanol–water partition coefficient (Wildman–Crippen LogP) is 1.31. The van der Waals surface area contributed by atoms with Crippen molar-refractivity contribution in [3.63, 3.8) is 0 Å². The predicted molar refractivity (Wildman–Crippen MR) is 82.1 cm³/mol. The Labute approximate surface area is 129 Å². The van der Waals surface area contributed by atoms with Gasteiger partial charge in [-0.1, -0.05) is 20.8 Å². The molecule has 1 rings (SSSR count). The molecule has 0 saturated heterocycles. The summed E-state index contributed by atoms with van der Waals surface area (Å²) >= 11 is 0. The molecule has 0 aliphatic heterocycles. The number of hydrogen-bond acceptors (Lipinski definition) is 4. The van der Waals surface area contributed by atoms with Crippen LogP contribution in [0.15, 0.2) is 4.79 Å². The zero-order chi connectivity index (χ0) is 17.1. The highest BCUT2D eigenvalue weighted by atomic mass is 16.4. The minimum Gasteiger partial charge on any atom is -0.481 e. The lowest BCUT2D eigenvalue weighted by Crippen LogP contribution is -2.35. The topological polar surface area (TPSA) is 103 Å². The number of H-pyrrole nitrogens is 1. The van der Waals surface area contributed by atoms with Crippen LogP contribution in [0, 0.1) is 6.92 Å². The van der Waals surface area contributed by atoms with E-state index in [0.717, 1.165) is 0 Å². The fraction of sp³-hybridized carbons (Fsp3) is 0.600. The van der Waals surface area contributed by atoms with Crippen LogP contribution in [0.5, 0.6) is 0 Å². The molecular weight excluding hydrogens is 286 g/mol. The standard InChI is InChI=1S/C15H23N3O4/c1-9-11(12(21)17-14(16-9)15(2,3)4)13(22)18(5)8-6-7-10(19)20/h6-8H2,1-5H3,(H,19,20)(H,16,17,21). The second-order valence-electron chi connectivity index (χ2n) is 6.35. The van der Waals surface area contributed by atoms with Gasteiger partial charge in [-0.05, 0) is 13.3 Å². The molecule has 1 amide bonds. The van der Waals surface area contributed by atoms with Gasteiger partial charge in [-0.25, -0.2) is 4.98 Å². The quantitative estimate of drug-likeness (QED) is 0.853. The van der Waals surface area contributed by atoms with Crippen molar-refractivity contribution < 1.29 is 14.7 Å². The van der Waals surface area contributed by atoms with Crippen LogP contribution in [0.25, 0.3) is 0 Å². The molecule has 0 aliphatic carbocycles. The summed E-state index contributed by atoms with van der Waals surface area (Å²) in [5, 5.41) is 8.61. The monoisotopic (exact) mass is 309 g/mol. The fourth-order valence-electron chi connectivity index (χ4n) is 1.95. The maximum atomic E-state index is 12.3. The molecule has 0 aromatic carbocycles. The van der Waals surface area contributed by atoms with Crippen LogP contribution in [0.2, 0.25) is 0 Å². The first-order valence-corrected chi connectivity index (χ1v) is 7.12. The molecule has 122 valence electrons. The Balaban J connectivity index is 2.99. The van der Waals surface area contributed by atoms with Gasteiger partial charge in [0.15, 0.2) is 0 Å². The summed E-state index contributed by atoms with van der Waals surface area (Å²) in [4.78, 5) is 43.4. The highest BCUT2D eigenvalue weighted by molar-refractivity contribution is 5.94. The Hall–Kier alpha value is -2.18. The first kappa shape index (κ1) is 17.9. The number of carboxylic acid groups (broad SMARTS) is 1. The molecule has 1 aromatic heterocycles. The van der Waals surface area contributed by atoms with Crippen molar-refractivity contribution in [3.8, 4) is 0 Å². The number of carbonyl (C=O) groups excluding carboxylic acids is 1. The maximum Gasteiger partial charge on any atom is 0.303 e. The number of aromatic nitrogens is 2. The molecule has 0 radical (unpaired) electrons. The van der Waals surface area contributed by atoms with E-state index in [9.17, 15) is 14.4 Å². The zero-order valence-electron chi connectivity index (χ0n) is 13.7. The Morgan fingerprint density at radius 3 is 2.36 bits per heavy atom. The molecule has 0 fully saturated rings. The van der Waals surface area contributed by atoms with Gasteiger partial charge < -0.3 is 15.0 Å². The molecule has 2 N–H and O–H groups in total. The van der Waals surface area contributed by atoms with E-state index in [4.69, 9.17) is 5.11 Å². The van der Waals surface area contributed by atoms with Crippen molar-refractivity contribution in [2.24, 2.45) is 0 Å². The number of nitrogens with zero attached hydrogens (tertiary/aromatic N) is 2. The van der Waals surface area contributed by atoms with Crippen LogP contribution < -0.4 is 5.56 Å². The van der Waals surface area contributed by atoms with Crippen LogP contribution >= 0.6 is 0 Å². The first-order chi connectivity index (χ1) is 10.0. The number of aryl methyl sites for hydroxylation is 1. The van der Waals surface area contributed by atoms with Crippen LogP contribution in [0.1, 0.15) is 55.5 Å². The van der Waals surface area contributed by atoms with Gasteiger partial charge in [0.05, 0.1) is 5.69 Å². The van der Waals surface area contributed by atoms with Gasteiger partial charge in [0.1, 0.15) is 11.4 Å². The van der Waals surface area contributed by atoms with E-state index in [-0.39, 0.29) is 23.9 Å². The number of aromatic amines is 1. The summed E-state index contributed by atoms with van der Waals surface area (Å²) < 4.78 is 0. The summed E-state index contributed by atoms with van der Waals surface area (Å²) in [6.07, 6.45) is 0.316. The van der Waals surface area contributed by atoms with E-state index in [0.29, 0.717) is 17.9 Å². The molecule has 0 saturated carbocycles. The molecular formula is C15H23N3O4. The third-order valence-corrected chi connectivity index (χ3v) is 3.26. The van der Waals surface area contributed by atoms with E-state index >= 15 is 0 Å². The number of hydrogen-bond donors (Lipinski definition) is 2. The van der Waals surface area contributed by atoms with Gasteiger partial charge in [-0.2, -0.15) is 0 Å². The van der Waals surface area contributed by atoms with Gasteiger partial charge in [-0.15, -0.1) is 0 Å². The van der Waals surface area contributed by atoms with Crippen molar-refractivity contribution in [3.05, 3.63) is 27.4 Å². The second-order valence-corrected chi connectivity index (χ2v) is 6.35. The van der Waals surface area contributed by atoms with Gasteiger partial charge in [-0.3, -0.25) is 14.4 Å². The lowest BCUT2D eigenvalue weighted by molar-refractivity contribution is -0.137. The number of amides is 1. The minimum absolute atomic E-state index is 0.00539. The van der Waals surface area contributed by atoms with E-state index in [1.807, 2.05) is 20.8 Å². The van der Waals surface area contributed by atoms with Crippen molar-refractivity contribution in [1.82, 2.24) is 14.9 Å². The molecule has 7 heteroatoms. The number of rotatable bonds is 5. The normalized spacial score (nSPS) is 11.3. The molecule has 1 aromatic rings.